The van der Waals surface area contributed by atoms with Gasteiger partial charge in [-0.25, -0.2) is 0 Å². The van der Waals surface area contributed by atoms with Crippen molar-refractivity contribution in [3.63, 3.8) is 0 Å². The zero-order chi connectivity index (χ0) is 32.4. The first-order valence-corrected chi connectivity index (χ1v) is 14.1. The van der Waals surface area contributed by atoms with Gasteiger partial charge in [0.25, 0.3) is 0 Å². The highest BCUT2D eigenvalue weighted by atomic mass is 16.6. The number of amides is 1. The fourth-order valence-corrected chi connectivity index (χ4v) is 2.70. The Hall–Kier alpha value is -2.70. The molecule has 0 fully saturated rings. The second-order valence-corrected chi connectivity index (χ2v) is 13.1. The summed E-state index contributed by atoms with van der Waals surface area (Å²) < 4.78 is 10.1. The molecule has 0 aliphatic carbocycles. The first kappa shape index (κ1) is 41.8. The summed E-state index contributed by atoms with van der Waals surface area (Å²) in [5, 5.41) is 0. The lowest BCUT2D eigenvalue weighted by atomic mass is 9.85. The number of rotatable bonds is 6. The minimum Gasteiger partial charge on any atom is -0.461 e. The molecule has 232 valence electrons. The molecule has 0 saturated heterocycles. The Kier molecular flexibility index (Phi) is 21.1. The largest absolute Gasteiger partial charge is 0.461 e. The fraction of sp³-hybridized carbons (Fsp3) is 0.697. The molecule has 0 aliphatic heterocycles. The summed E-state index contributed by atoms with van der Waals surface area (Å²) in [6.07, 6.45) is 0. The molecule has 0 aromatic heterocycles. The Balaban J connectivity index is -0.000000466. The molecule has 0 unspecified atom stereocenters. The van der Waals surface area contributed by atoms with E-state index < -0.39 is 0 Å². The molecule has 7 heteroatoms. The topological polar surface area (TPSA) is 90.0 Å². The first-order chi connectivity index (χ1) is 17.9. The molecule has 0 N–H and O–H groups in total. The molecule has 0 spiro atoms. The Morgan fingerprint density at radius 1 is 0.675 bits per heavy atom. The maximum Gasteiger partial charge on any atom is 0.308 e. The third-order valence-corrected chi connectivity index (χ3v) is 4.77. The normalized spacial score (nSPS) is 10.9. The summed E-state index contributed by atoms with van der Waals surface area (Å²) >= 11 is 0. The van der Waals surface area contributed by atoms with Gasteiger partial charge in [0.05, 0.1) is 11.8 Å². The van der Waals surface area contributed by atoms with Crippen LogP contribution < -0.4 is 0 Å². The van der Waals surface area contributed by atoms with Crippen molar-refractivity contribution in [2.75, 3.05) is 14.1 Å². The lowest BCUT2D eigenvalue weighted by molar-refractivity contribution is -0.158. The van der Waals surface area contributed by atoms with Crippen LogP contribution in [0, 0.1) is 29.1 Å². The van der Waals surface area contributed by atoms with E-state index in [1.807, 2.05) is 127 Å². The van der Waals surface area contributed by atoms with Crippen molar-refractivity contribution in [2.45, 2.75) is 109 Å². The molecular weight excluding hydrogens is 506 g/mol. The number of nitrogens with zero attached hydrogens (tertiary/aromatic N) is 1. The number of carbonyl (C=O) groups is 4. The van der Waals surface area contributed by atoms with Gasteiger partial charge in [0.1, 0.15) is 18.0 Å². The number of benzene rings is 1. The maximum absolute atomic E-state index is 11.2. The van der Waals surface area contributed by atoms with Crippen LogP contribution in [0.1, 0.15) is 102 Å². The van der Waals surface area contributed by atoms with Crippen molar-refractivity contribution < 1.29 is 28.7 Å². The van der Waals surface area contributed by atoms with Crippen LogP contribution in [0.2, 0.25) is 0 Å². The zero-order valence-electron chi connectivity index (χ0n) is 28.3. The lowest BCUT2D eigenvalue weighted by Gasteiger charge is -2.20. The van der Waals surface area contributed by atoms with Gasteiger partial charge in [-0.15, -0.1) is 0 Å². The molecule has 7 nitrogen and oxygen atoms in total. The third-order valence-electron chi connectivity index (χ3n) is 4.77. The average molecular weight is 566 g/mol. The fourth-order valence-electron chi connectivity index (χ4n) is 2.70. The van der Waals surface area contributed by atoms with Crippen LogP contribution in [0.5, 0.6) is 0 Å². The van der Waals surface area contributed by atoms with Crippen molar-refractivity contribution in [2.24, 2.45) is 29.1 Å². The van der Waals surface area contributed by atoms with Gasteiger partial charge >= 0.3 is 11.9 Å². The number of hydrogen-bond donors (Lipinski definition) is 0. The lowest BCUT2D eigenvalue weighted by Crippen LogP contribution is -2.26. The number of hydrogen-bond acceptors (Lipinski definition) is 6. The van der Waals surface area contributed by atoms with E-state index in [1.165, 1.54) is 0 Å². The third kappa shape index (κ3) is 24.3. The van der Waals surface area contributed by atoms with E-state index >= 15 is 0 Å². The SMILES string of the molecule is CC(C)C(=O)C(C)(C)C.CC(C)C(=O)N(C)C.CC(C)C(=O)OC(C)(C)C.CC(C)C(=O)OCc1ccccc1. The van der Waals surface area contributed by atoms with Crippen LogP contribution in [-0.2, 0) is 35.3 Å². The summed E-state index contributed by atoms with van der Waals surface area (Å²) in [5.74, 6) is 0.460. The van der Waals surface area contributed by atoms with E-state index in [0.29, 0.717) is 12.4 Å². The van der Waals surface area contributed by atoms with Crippen LogP contribution in [0.15, 0.2) is 30.3 Å². The summed E-state index contributed by atoms with van der Waals surface area (Å²) in [4.78, 5) is 45.6. The van der Waals surface area contributed by atoms with Gasteiger partial charge in [-0.2, -0.15) is 0 Å². The van der Waals surface area contributed by atoms with Crippen LogP contribution in [-0.4, -0.2) is 48.2 Å². The molecule has 0 atom stereocenters. The minimum absolute atomic E-state index is 0.0285. The molecule has 1 amide bonds. The van der Waals surface area contributed by atoms with Crippen molar-refractivity contribution in [1.29, 1.82) is 0 Å². The predicted octanol–water partition coefficient (Wildman–Crippen LogP) is 7.36. The molecule has 0 saturated carbocycles. The number of carbonyl (C=O) groups excluding carboxylic acids is 4. The van der Waals surface area contributed by atoms with Gasteiger partial charge in [0.2, 0.25) is 5.91 Å². The molecule has 40 heavy (non-hydrogen) atoms. The molecule has 0 aliphatic rings. The van der Waals surface area contributed by atoms with Gasteiger partial charge in [-0.05, 0) is 26.3 Å². The average Bonchev–Trinajstić information content (AvgIpc) is 2.81. The van der Waals surface area contributed by atoms with E-state index in [0.717, 1.165) is 5.56 Å². The standard InChI is InChI=1S/C11H14O2.C8H16O2.C8H16O.C6H13NO/c1-9(2)11(12)13-8-10-6-4-3-5-7-10;1-6(2)7(9)10-8(3,4)5;1-6(2)7(9)8(3,4)5;1-5(2)6(8)7(3)4/h3-7,9H,8H2,1-2H3;6H,1-5H3;6H,1-5H3;5H,1-4H3. The minimum atomic E-state index is -0.346. The molecule has 0 heterocycles. The predicted molar refractivity (Wildman–Crippen MR) is 165 cm³/mol. The van der Waals surface area contributed by atoms with Gasteiger partial charge in [0.15, 0.2) is 0 Å². The Bertz CT molecular complexity index is 847. The number of ether oxygens (including phenoxy) is 2. The van der Waals surface area contributed by atoms with Gasteiger partial charge in [0, 0.05) is 31.3 Å². The summed E-state index contributed by atoms with van der Waals surface area (Å²) in [5.41, 5.74) is 0.520. The Morgan fingerprint density at radius 3 is 1.30 bits per heavy atom. The highest BCUT2D eigenvalue weighted by Gasteiger charge is 2.23. The van der Waals surface area contributed by atoms with Crippen LogP contribution in [0.25, 0.3) is 0 Å². The Morgan fingerprint density at radius 2 is 1.10 bits per heavy atom. The van der Waals surface area contributed by atoms with E-state index in [4.69, 9.17) is 9.47 Å². The molecule has 1 aromatic rings. The highest BCUT2D eigenvalue weighted by Crippen LogP contribution is 2.19. The summed E-state index contributed by atoms with van der Waals surface area (Å²) in [6.45, 7) is 26.8. The Labute approximate surface area is 245 Å². The van der Waals surface area contributed by atoms with Crippen molar-refractivity contribution >= 4 is 23.6 Å². The molecule has 0 bridgehead atoms. The van der Waals surface area contributed by atoms with E-state index in [-0.39, 0.29) is 52.5 Å². The smallest absolute Gasteiger partial charge is 0.308 e. The molecule has 1 rings (SSSR count). The zero-order valence-corrected chi connectivity index (χ0v) is 28.3. The van der Waals surface area contributed by atoms with Crippen molar-refractivity contribution in [3.8, 4) is 0 Å². The van der Waals surface area contributed by atoms with Crippen molar-refractivity contribution in [1.82, 2.24) is 4.90 Å². The van der Waals surface area contributed by atoms with Gasteiger partial charge in [-0.3, -0.25) is 19.2 Å². The quantitative estimate of drug-likeness (QED) is 0.335. The molecule has 0 radical (unpaired) electrons. The summed E-state index contributed by atoms with van der Waals surface area (Å²) in [7, 11) is 3.53. The molecular formula is C33H59NO6. The van der Waals surface area contributed by atoms with Crippen LogP contribution in [0.4, 0.5) is 0 Å². The van der Waals surface area contributed by atoms with Crippen LogP contribution >= 0.6 is 0 Å². The molecule has 1 aromatic carbocycles. The maximum atomic E-state index is 11.2. The van der Waals surface area contributed by atoms with E-state index in [9.17, 15) is 19.2 Å². The first-order valence-electron chi connectivity index (χ1n) is 14.1. The van der Waals surface area contributed by atoms with E-state index in [1.54, 1.807) is 19.0 Å². The summed E-state index contributed by atoms with van der Waals surface area (Å²) in [6, 6.07) is 9.67. The highest BCUT2D eigenvalue weighted by molar-refractivity contribution is 5.85. The van der Waals surface area contributed by atoms with Crippen LogP contribution in [0.3, 0.4) is 0 Å². The second-order valence-electron chi connectivity index (χ2n) is 13.1. The number of esters is 2. The second kappa shape index (κ2) is 20.2. The number of ketones is 1. The van der Waals surface area contributed by atoms with E-state index in [2.05, 4.69) is 0 Å². The number of Topliss-reactive ketones (excluding diaryl/α,β-unsaturated/α-hetero) is 1. The van der Waals surface area contributed by atoms with Crippen molar-refractivity contribution in [3.05, 3.63) is 35.9 Å². The van der Waals surface area contributed by atoms with Gasteiger partial charge < -0.3 is 14.4 Å². The monoisotopic (exact) mass is 565 g/mol. The van der Waals surface area contributed by atoms with Gasteiger partial charge in [-0.1, -0.05) is 106 Å².